The summed E-state index contributed by atoms with van der Waals surface area (Å²) in [5.74, 6) is 0. The summed E-state index contributed by atoms with van der Waals surface area (Å²) in [6.07, 6.45) is 5.07. The second-order valence-electron chi connectivity index (χ2n) is 4.83. The van der Waals surface area contributed by atoms with E-state index in [0.717, 1.165) is 19.5 Å². The predicted octanol–water partition coefficient (Wildman–Crippen LogP) is 1.57. The van der Waals surface area contributed by atoms with Crippen LogP contribution in [-0.2, 0) is 0 Å². The lowest BCUT2D eigenvalue weighted by atomic mass is 10.1. The Hall–Kier alpha value is -0.120. The summed E-state index contributed by atoms with van der Waals surface area (Å²) in [6.45, 7) is 10.6. The molecule has 0 amide bonds. The fourth-order valence-electron chi connectivity index (χ4n) is 2.44. The first-order chi connectivity index (χ1) is 7.81. The normalized spacial score (nSPS) is 21.2. The standard InChI is InChI=1S/C13H28N2O/c1-3-5-6-7-14-8-10-15(11-9-14)13(4-2)12-16/h13,16H,3-12H2,1-2H3. The van der Waals surface area contributed by atoms with Crippen molar-refractivity contribution in [2.45, 2.75) is 45.6 Å². The van der Waals surface area contributed by atoms with Crippen molar-refractivity contribution in [3.8, 4) is 0 Å². The maximum atomic E-state index is 9.26. The lowest BCUT2D eigenvalue weighted by Crippen LogP contribution is -2.51. The van der Waals surface area contributed by atoms with Crippen LogP contribution in [-0.4, -0.2) is 60.3 Å². The molecule has 0 saturated carbocycles. The number of aliphatic hydroxyl groups is 1. The highest BCUT2D eigenvalue weighted by atomic mass is 16.3. The van der Waals surface area contributed by atoms with Gasteiger partial charge in [0.25, 0.3) is 0 Å². The van der Waals surface area contributed by atoms with E-state index >= 15 is 0 Å². The van der Waals surface area contributed by atoms with Crippen LogP contribution in [0.2, 0.25) is 0 Å². The zero-order chi connectivity index (χ0) is 11.8. The van der Waals surface area contributed by atoms with E-state index in [1.165, 1.54) is 38.9 Å². The van der Waals surface area contributed by atoms with Crippen molar-refractivity contribution in [3.63, 3.8) is 0 Å². The van der Waals surface area contributed by atoms with Crippen molar-refractivity contribution in [1.29, 1.82) is 0 Å². The first-order valence-electron chi connectivity index (χ1n) is 6.89. The van der Waals surface area contributed by atoms with Gasteiger partial charge in [0.05, 0.1) is 6.61 Å². The number of piperazine rings is 1. The van der Waals surface area contributed by atoms with Gasteiger partial charge in [-0.2, -0.15) is 0 Å². The summed E-state index contributed by atoms with van der Waals surface area (Å²) >= 11 is 0. The highest BCUT2D eigenvalue weighted by molar-refractivity contribution is 4.77. The quantitative estimate of drug-likeness (QED) is 0.670. The number of unbranched alkanes of at least 4 members (excludes halogenated alkanes) is 2. The SMILES string of the molecule is CCCCCN1CCN(C(CC)CO)CC1. The lowest BCUT2D eigenvalue weighted by Gasteiger charge is -2.38. The highest BCUT2D eigenvalue weighted by Gasteiger charge is 2.21. The third-order valence-electron chi connectivity index (χ3n) is 3.68. The van der Waals surface area contributed by atoms with Crippen LogP contribution in [0.3, 0.4) is 0 Å². The summed E-state index contributed by atoms with van der Waals surface area (Å²) in [6, 6.07) is 0.387. The number of rotatable bonds is 7. The number of aliphatic hydroxyl groups excluding tert-OH is 1. The van der Waals surface area contributed by atoms with Crippen molar-refractivity contribution in [2.75, 3.05) is 39.3 Å². The highest BCUT2D eigenvalue weighted by Crippen LogP contribution is 2.09. The third kappa shape index (κ3) is 4.40. The summed E-state index contributed by atoms with van der Waals surface area (Å²) in [5.41, 5.74) is 0. The van der Waals surface area contributed by atoms with Crippen molar-refractivity contribution >= 4 is 0 Å². The molecule has 1 aliphatic rings. The molecule has 16 heavy (non-hydrogen) atoms. The molecule has 0 bridgehead atoms. The molecule has 96 valence electrons. The van der Waals surface area contributed by atoms with Gasteiger partial charge in [0, 0.05) is 32.2 Å². The molecule has 1 rings (SSSR count). The second kappa shape index (κ2) is 8.04. The van der Waals surface area contributed by atoms with Crippen molar-refractivity contribution in [1.82, 2.24) is 9.80 Å². The molecule has 0 aromatic heterocycles. The molecule has 1 fully saturated rings. The van der Waals surface area contributed by atoms with Gasteiger partial charge in [0.1, 0.15) is 0 Å². The zero-order valence-electron chi connectivity index (χ0n) is 11.0. The Bertz CT molecular complexity index is 163. The maximum Gasteiger partial charge on any atom is 0.0586 e. The first kappa shape index (κ1) is 13.9. The van der Waals surface area contributed by atoms with Crippen LogP contribution in [0.25, 0.3) is 0 Å². The molecule has 0 spiro atoms. The van der Waals surface area contributed by atoms with E-state index in [4.69, 9.17) is 0 Å². The Kier molecular flexibility index (Phi) is 7.01. The summed E-state index contributed by atoms with van der Waals surface area (Å²) in [5, 5.41) is 9.26. The Labute approximate surface area is 100 Å². The van der Waals surface area contributed by atoms with Crippen molar-refractivity contribution < 1.29 is 5.11 Å². The Morgan fingerprint density at radius 1 is 1.06 bits per heavy atom. The van der Waals surface area contributed by atoms with E-state index in [2.05, 4.69) is 23.6 Å². The predicted molar refractivity (Wildman–Crippen MR) is 68.7 cm³/mol. The Balaban J connectivity index is 2.17. The van der Waals surface area contributed by atoms with Gasteiger partial charge in [-0.1, -0.05) is 26.7 Å². The number of hydrogen-bond acceptors (Lipinski definition) is 3. The van der Waals surface area contributed by atoms with E-state index in [-0.39, 0.29) is 0 Å². The molecule has 0 aromatic carbocycles. The van der Waals surface area contributed by atoms with E-state index in [1.54, 1.807) is 0 Å². The molecule has 1 unspecified atom stereocenters. The van der Waals surface area contributed by atoms with Crippen LogP contribution >= 0.6 is 0 Å². The van der Waals surface area contributed by atoms with E-state index < -0.39 is 0 Å². The fourth-order valence-corrected chi connectivity index (χ4v) is 2.44. The summed E-state index contributed by atoms with van der Waals surface area (Å²) in [4.78, 5) is 5.01. The van der Waals surface area contributed by atoms with Gasteiger partial charge in [0.15, 0.2) is 0 Å². The first-order valence-corrected chi connectivity index (χ1v) is 6.89. The minimum absolute atomic E-state index is 0.312. The van der Waals surface area contributed by atoms with Crippen LogP contribution in [0.1, 0.15) is 39.5 Å². The molecule has 1 atom stereocenters. The minimum Gasteiger partial charge on any atom is -0.395 e. The van der Waals surface area contributed by atoms with Crippen LogP contribution in [0.5, 0.6) is 0 Å². The van der Waals surface area contributed by atoms with Gasteiger partial charge < -0.3 is 10.0 Å². The fraction of sp³-hybridized carbons (Fsp3) is 1.00. The molecule has 3 nitrogen and oxygen atoms in total. The van der Waals surface area contributed by atoms with Gasteiger partial charge in [0.2, 0.25) is 0 Å². The monoisotopic (exact) mass is 228 g/mol. The zero-order valence-corrected chi connectivity index (χ0v) is 11.0. The Morgan fingerprint density at radius 3 is 2.25 bits per heavy atom. The van der Waals surface area contributed by atoms with E-state index in [1.807, 2.05) is 0 Å². The van der Waals surface area contributed by atoms with Crippen LogP contribution in [0.15, 0.2) is 0 Å². The molecule has 0 radical (unpaired) electrons. The maximum absolute atomic E-state index is 9.26. The van der Waals surface area contributed by atoms with Gasteiger partial charge >= 0.3 is 0 Å². The van der Waals surface area contributed by atoms with Crippen LogP contribution in [0.4, 0.5) is 0 Å². The van der Waals surface area contributed by atoms with Crippen molar-refractivity contribution in [2.24, 2.45) is 0 Å². The van der Waals surface area contributed by atoms with Gasteiger partial charge in [-0.25, -0.2) is 0 Å². The van der Waals surface area contributed by atoms with E-state index in [0.29, 0.717) is 12.6 Å². The molecule has 0 aliphatic carbocycles. The minimum atomic E-state index is 0.312. The molecular weight excluding hydrogens is 200 g/mol. The second-order valence-corrected chi connectivity index (χ2v) is 4.83. The lowest BCUT2D eigenvalue weighted by molar-refractivity contribution is 0.0630. The third-order valence-corrected chi connectivity index (χ3v) is 3.68. The Morgan fingerprint density at radius 2 is 1.75 bits per heavy atom. The number of nitrogens with zero attached hydrogens (tertiary/aromatic N) is 2. The van der Waals surface area contributed by atoms with E-state index in [9.17, 15) is 5.11 Å². The largest absolute Gasteiger partial charge is 0.395 e. The molecular formula is C13H28N2O. The topological polar surface area (TPSA) is 26.7 Å². The average Bonchev–Trinajstić information content (AvgIpc) is 2.33. The molecule has 1 N–H and O–H groups in total. The smallest absolute Gasteiger partial charge is 0.0586 e. The van der Waals surface area contributed by atoms with Crippen LogP contribution in [0, 0.1) is 0 Å². The van der Waals surface area contributed by atoms with Crippen LogP contribution < -0.4 is 0 Å². The van der Waals surface area contributed by atoms with Gasteiger partial charge in [-0.05, 0) is 19.4 Å². The summed E-state index contributed by atoms with van der Waals surface area (Å²) < 4.78 is 0. The average molecular weight is 228 g/mol. The molecule has 3 heteroatoms. The molecule has 1 saturated heterocycles. The summed E-state index contributed by atoms with van der Waals surface area (Å²) in [7, 11) is 0. The van der Waals surface area contributed by atoms with Gasteiger partial charge in [-0.15, -0.1) is 0 Å². The molecule has 1 heterocycles. The molecule has 0 aromatic rings. The van der Waals surface area contributed by atoms with Gasteiger partial charge in [-0.3, -0.25) is 4.90 Å². The number of hydrogen-bond donors (Lipinski definition) is 1. The molecule has 1 aliphatic heterocycles. The van der Waals surface area contributed by atoms with Crippen molar-refractivity contribution in [3.05, 3.63) is 0 Å².